The molecule has 0 aromatic heterocycles. The highest BCUT2D eigenvalue weighted by molar-refractivity contribution is 5.92. The predicted molar refractivity (Wildman–Crippen MR) is 84.2 cm³/mol. The Morgan fingerprint density at radius 3 is 2.62 bits per heavy atom. The molecule has 5 heteroatoms. The van der Waals surface area contributed by atoms with E-state index in [9.17, 15) is 9.18 Å². The normalized spacial score (nSPS) is 16.0. The summed E-state index contributed by atoms with van der Waals surface area (Å²) in [7, 11) is 1.86. The molecule has 1 amide bonds. The van der Waals surface area contributed by atoms with Crippen LogP contribution in [-0.4, -0.2) is 32.1 Å². The maximum atomic E-state index is 14.2. The van der Waals surface area contributed by atoms with Crippen LogP contribution in [0, 0.1) is 11.7 Å². The maximum Gasteiger partial charge on any atom is 0.227 e. The molecule has 1 aromatic carbocycles. The smallest absolute Gasteiger partial charge is 0.227 e. The van der Waals surface area contributed by atoms with Gasteiger partial charge in [0, 0.05) is 24.7 Å². The molecule has 1 saturated heterocycles. The highest BCUT2D eigenvalue weighted by atomic mass is 19.1. The highest BCUT2D eigenvalue weighted by Gasteiger charge is 2.21. The fraction of sp³-hybridized carbons (Fsp3) is 0.562. The molecule has 1 fully saturated rings. The zero-order valence-corrected chi connectivity index (χ0v) is 12.9. The minimum absolute atomic E-state index is 0.0131. The number of carbonyl (C=O) groups is 1. The molecule has 0 radical (unpaired) electrons. The van der Waals surface area contributed by atoms with E-state index in [0.717, 1.165) is 25.9 Å². The second-order valence-electron chi connectivity index (χ2n) is 5.88. The van der Waals surface area contributed by atoms with Crippen LogP contribution in [0.1, 0.15) is 26.7 Å². The number of piperidine rings is 1. The van der Waals surface area contributed by atoms with E-state index in [1.807, 2.05) is 25.8 Å². The number of hydrogen-bond donors (Lipinski definition) is 2. The Morgan fingerprint density at radius 1 is 1.38 bits per heavy atom. The van der Waals surface area contributed by atoms with Crippen molar-refractivity contribution in [3.05, 3.63) is 24.0 Å². The van der Waals surface area contributed by atoms with Crippen molar-refractivity contribution in [2.75, 3.05) is 30.4 Å². The topological polar surface area (TPSA) is 44.4 Å². The van der Waals surface area contributed by atoms with Crippen LogP contribution in [0.15, 0.2) is 18.2 Å². The first-order chi connectivity index (χ1) is 9.99. The van der Waals surface area contributed by atoms with Crippen molar-refractivity contribution in [1.82, 2.24) is 5.32 Å². The van der Waals surface area contributed by atoms with Gasteiger partial charge in [-0.15, -0.1) is 0 Å². The predicted octanol–water partition coefficient (Wildman–Crippen LogP) is 2.61. The molecule has 0 spiro atoms. The number of carbonyl (C=O) groups excluding carboxylic acids is 1. The average Bonchev–Trinajstić information content (AvgIpc) is 2.47. The van der Waals surface area contributed by atoms with E-state index in [1.165, 1.54) is 6.07 Å². The lowest BCUT2D eigenvalue weighted by molar-refractivity contribution is -0.120. The number of nitrogens with zero attached hydrogens (tertiary/aromatic N) is 1. The lowest BCUT2D eigenvalue weighted by Crippen LogP contribution is -2.34. The fourth-order valence-electron chi connectivity index (χ4n) is 2.48. The van der Waals surface area contributed by atoms with E-state index in [0.29, 0.717) is 11.4 Å². The number of anilines is 2. The standard InChI is InChI=1S/C16H24FN3O/c1-11(2)20(3)15-5-4-13(10-14(15)17)19-16(21)12-6-8-18-9-7-12/h4-5,10-12,18H,6-9H2,1-3H3,(H,19,21). The molecule has 0 aliphatic carbocycles. The van der Waals surface area contributed by atoms with Gasteiger partial charge in [0.25, 0.3) is 0 Å². The number of amides is 1. The quantitative estimate of drug-likeness (QED) is 0.897. The first-order valence-corrected chi connectivity index (χ1v) is 7.53. The summed E-state index contributed by atoms with van der Waals surface area (Å²) >= 11 is 0. The molecule has 2 rings (SSSR count). The van der Waals surface area contributed by atoms with Gasteiger partial charge in [-0.2, -0.15) is 0 Å². The van der Waals surface area contributed by atoms with Crippen molar-refractivity contribution in [3.63, 3.8) is 0 Å². The molecular formula is C16H24FN3O. The number of hydrogen-bond acceptors (Lipinski definition) is 3. The number of benzene rings is 1. The largest absolute Gasteiger partial charge is 0.370 e. The van der Waals surface area contributed by atoms with Gasteiger partial charge in [-0.1, -0.05) is 0 Å². The fourth-order valence-corrected chi connectivity index (χ4v) is 2.48. The third-order valence-electron chi connectivity index (χ3n) is 4.08. The summed E-state index contributed by atoms with van der Waals surface area (Å²) in [6.45, 7) is 5.74. The minimum Gasteiger partial charge on any atom is -0.370 e. The second-order valence-corrected chi connectivity index (χ2v) is 5.88. The molecule has 4 nitrogen and oxygen atoms in total. The van der Waals surface area contributed by atoms with Crippen LogP contribution < -0.4 is 15.5 Å². The van der Waals surface area contributed by atoms with Gasteiger partial charge in [0.05, 0.1) is 5.69 Å². The van der Waals surface area contributed by atoms with Crippen LogP contribution in [-0.2, 0) is 4.79 Å². The first-order valence-electron chi connectivity index (χ1n) is 7.53. The van der Waals surface area contributed by atoms with Crippen molar-refractivity contribution in [2.45, 2.75) is 32.7 Å². The van der Waals surface area contributed by atoms with Gasteiger partial charge in [-0.3, -0.25) is 4.79 Å². The van der Waals surface area contributed by atoms with E-state index < -0.39 is 0 Å². The van der Waals surface area contributed by atoms with E-state index in [2.05, 4.69) is 10.6 Å². The van der Waals surface area contributed by atoms with Crippen molar-refractivity contribution >= 4 is 17.3 Å². The molecule has 1 aliphatic heterocycles. The molecule has 1 heterocycles. The lowest BCUT2D eigenvalue weighted by Gasteiger charge is -2.25. The third kappa shape index (κ3) is 3.94. The Bertz CT molecular complexity index is 498. The van der Waals surface area contributed by atoms with Crippen LogP contribution >= 0.6 is 0 Å². The van der Waals surface area contributed by atoms with Crippen molar-refractivity contribution in [2.24, 2.45) is 5.92 Å². The van der Waals surface area contributed by atoms with Crippen LogP contribution in [0.3, 0.4) is 0 Å². The molecule has 21 heavy (non-hydrogen) atoms. The summed E-state index contributed by atoms with van der Waals surface area (Å²) < 4.78 is 14.2. The number of nitrogens with one attached hydrogen (secondary N) is 2. The maximum absolute atomic E-state index is 14.2. The summed E-state index contributed by atoms with van der Waals surface area (Å²) in [6, 6.07) is 5.09. The van der Waals surface area contributed by atoms with Gasteiger partial charge in [0.15, 0.2) is 0 Å². The van der Waals surface area contributed by atoms with Gasteiger partial charge in [-0.05, 0) is 58.0 Å². The summed E-state index contributed by atoms with van der Waals surface area (Å²) in [5, 5.41) is 6.05. The Labute approximate surface area is 125 Å². The van der Waals surface area contributed by atoms with E-state index in [1.54, 1.807) is 12.1 Å². The molecule has 0 atom stereocenters. The van der Waals surface area contributed by atoms with Crippen molar-refractivity contribution in [1.29, 1.82) is 0 Å². The molecule has 0 bridgehead atoms. The van der Waals surface area contributed by atoms with Gasteiger partial charge in [0.1, 0.15) is 5.82 Å². The molecule has 0 saturated carbocycles. The summed E-state index contributed by atoms with van der Waals surface area (Å²) in [4.78, 5) is 14.0. The van der Waals surface area contributed by atoms with Gasteiger partial charge in [0.2, 0.25) is 5.91 Å². The zero-order chi connectivity index (χ0) is 15.4. The van der Waals surface area contributed by atoms with E-state index in [4.69, 9.17) is 0 Å². The van der Waals surface area contributed by atoms with Crippen molar-refractivity contribution in [3.8, 4) is 0 Å². The van der Waals surface area contributed by atoms with Gasteiger partial charge >= 0.3 is 0 Å². The third-order valence-corrected chi connectivity index (χ3v) is 4.08. The second kappa shape index (κ2) is 6.89. The highest BCUT2D eigenvalue weighted by Crippen LogP contribution is 2.24. The Morgan fingerprint density at radius 2 is 2.05 bits per heavy atom. The number of rotatable bonds is 4. The van der Waals surface area contributed by atoms with Gasteiger partial charge < -0.3 is 15.5 Å². The van der Waals surface area contributed by atoms with Gasteiger partial charge in [-0.25, -0.2) is 4.39 Å². The summed E-state index contributed by atoms with van der Waals surface area (Å²) in [5.41, 5.74) is 1.07. The van der Waals surface area contributed by atoms with E-state index in [-0.39, 0.29) is 23.7 Å². The molecular weight excluding hydrogens is 269 g/mol. The zero-order valence-electron chi connectivity index (χ0n) is 12.9. The SMILES string of the molecule is CC(C)N(C)c1ccc(NC(=O)C2CCNCC2)cc1F. The molecule has 1 aliphatic rings. The van der Waals surface area contributed by atoms with Crippen molar-refractivity contribution < 1.29 is 9.18 Å². The van der Waals surface area contributed by atoms with E-state index >= 15 is 0 Å². The van der Waals surface area contributed by atoms with Crippen LogP contribution in [0.2, 0.25) is 0 Å². The molecule has 1 aromatic rings. The number of halogens is 1. The monoisotopic (exact) mass is 293 g/mol. The lowest BCUT2D eigenvalue weighted by atomic mass is 9.97. The molecule has 116 valence electrons. The first kappa shape index (κ1) is 15.8. The molecule has 2 N–H and O–H groups in total. The average molecular weight is 293 g/mol. The minimum atomic E-state index is -0.311. The summed E-state index contributed by atoms with van der Waals surface area (Å²) in [6.07, 6.45) is 1.67. The Kier molecular flexibility index (Phi) is 5.17. The summed E-state index contributed by atoms with van der Waals surface area (Å²) in [5.74, 6) is -0.303. The molecule has 0 unspecified atom stereocenters. The Hall–Kier alpha value is -1.62. The van der Waals surface area contributed by atoms with Crippen LogP contribution in [0.4, 0.5) is 15.8 Å². The Balaban J connectivity index is 2.04. The van der Waals surface area contributed by atoms with Crippen LogP contribution in [0.25, 0.3) is 0 Å². The van der Waals surface area contributed by atoms with Crippen LogP contribution in [0.5, 0.6) is 0 Å².